The molecule has 2 atom stereocenters. The number of carbonyl (C=O) groups is 3. The van der Waals surface area contributed by atoms with Crippen LogP contribution in [0.15, 0.2) is 53.6 Å². The van der Waals surface area contributed by atoms with Gasteiger partial charge in [-0.1, -0.05) is 35.4 Å². The Morgan fingerprint density at radius 2 is 2.09 bits per heavy atom. The van der Waals surface area contributed by atoms with E-state index in [9.17, 15) is 14.4 Å². The lowest BCUT2D eigenvalue weighted by Crippen LogP contribution is -2.43. The van der Waals surface area contributed by atoms with Crippen LogP contribution >= 0.6 is 0 Å². The molecule has 0 spiro atoms. The van der Waals surface area contributed by atoms with Crippen LogP contribution in [0, 0.1) is 0 Å². The first kappa shape index (κ1) is 22.0. The van der Waals surface area contributed by atoms with Crippen LogP contribution < -0.4 is 15.5 Å². The van der Waals surface area contributed by atoms with Gasteiger partial charge in [0.2, 0.25) is 5.91 Å². The summed E-state index contributed by atoms with van der Waals surface area (Å²) in [6, 6.07) is 13.7. The average molecular weight is 450 g/mol. The van der Waals surface area contributed by atoms with Gasteiger partial charge in [-0.05, 0) is 47.7 Å². The summed E-state index contributed by atoms with van der Waals surface area (Å²) in [5.74, 6) is -0.340. The van der Waals surface area contributed by atoms with Crippen molar-refractivity contribution >= 4 is 29.5 Å². The first-order chi connectivity index (χ1) is 16.0. The normalized spacial score (nSPS) is 19.5. The molecule has 0 radical (unpaired) electrons. The molecule has 2 heterocycles. The van der Waals surface area contributed by atoms with E-state index < -0.39 is 24.3 Å². The highest BCUT2D eigenvalue weighted by molar-refractivity contribution is 5.98. The van der Waals surface area contributed by atoms with Crippen LogP contribution in [0.25, 0.3) is 10.4 Å². The molecule has 2 aliphatic rings. The molecule has 2 aliphatic heterocycles. The van der Waals surface area contributed by atoms with Gasteiger partial charge in [-0.3, -0.25) is 9.69 Å². The molecule has 1 saturated heterocycles. The number of benzene rings is 2. The van der Waals surface area contributed by atoms with E-state index >= 15 is 0 Å². The fourth-order valence-corrected chi connectivity index (χ4v) is 3.73. The Morgan fingerprint density at radius 3 is 2.88 bits per heavy atom. The molecule has 2 aromatic rings. The number of anilines is 2. The van der Waals surface area contributed by atoms with Crippen molar-refractivity contribution in [3.8, 4) is 0 Å². The van der Waals surface area contributed by atoms with E-state index in [1.807, 2.05) is 36.4 Å². The molecule has 2 N–H and O–H groups in total. The van der Waals surface area contributed by atoms with E-state index in [-0.39, 0.29) is 25.6 Å². The second kappa shape index (κ2) is 9.92. The van der Waals surface area contributed by atoms with E-state index in [1.54, 1.807) is 12.1 Å². The molecular weight excluding hydrogens is 428 g/mol. The number of cyclic esters (lactones) is 1. The van der Waals surface area contributed by atoms with Crippen molar-refractivity contribution in [1.29, 1.82) is 0 Å². The number of azide groups is 1. The Kier molecular flexibility index (Phi) is 6.61. The zero-order valence-corrected chi connectivity index (χ0v) is 17.6. The Hall–Kier alpha value is -4.24. The summed E-state index contributed by atoms with van der Waals surface area (Å²) >= 11 is 0. The highest BCUT2D eigenvalue weighted by Crippen LogP contribution is 2.29. The van der Waals surface area contributed by atoms with Gasteiger partial charge in [-0.2, -0.15) is 0 Å². The van der Waals surface area contributed by atoms with E-state index in [0.29, 0.717) is 24.2 Å². The van der Waals surface area contributed by atoms with Crippen molar-refractivity contribution in [2.75, 3.05) is 23.3 Å². The highest BCUT2D eigenvalue weighted by atomic mass is 16.6. The van der Waals surface area contributed by atoms with Gasteiger partial charge in [0, 0.05) is 16.3 Å². The zero-order valence-electron chi connectivity index (χ0n) is 17.6. The maximum Gasteiger partial charge on any atom is 0.414 e. The number of aryl methyl sites for hydroxylation is 1. The molecule has 170 valence electrons. The molecule has 0 saturated carbocycles. The molecule has 11 heteroatoms. The Morgan fingerprint density at radius 1 is 1.27 bits per heavy atom. The standard InChI is InChI=1S/C22H22N6O5/c23-27-24-11-17-12-28(22(31)33-17)16-7-9-18-15(10-16)6-8-19(20(29)25-18)26-21(30)32-13-14-4-2-1-3-5-14/h1-5,7,9-10,17,19H,6,8,11-13H2,(H,25,29)(H,26,30)/t17-,19?/m0/s1. The maximum absolute atomic E-state index is 12.6. The largest absolute Gasteiger partial charge is 0.445 e. The minimum Gasteiger partial charge on any atom is -0.445 e. The lowest BCUT2D eigenvalue weighted by molar-refractivity contribution is -0.118. The first-order valence-corrected chi connectivity index (χ1v) is 10.4. The molecule has 0 bridgehead atoms. The van der Waals surface area contributed by atoms with Gasteiger partial charge in [0.15, 0.2) is 0 Å². The van der Waals surface area contributed by atoms with Gasteiger partial charge < -0.3 is 20.1 Å². The van der Waals surface area contributed by atoms with E-state index in [1.165, 1.54) is 4.90 Å². The van der Waals surface area contributed by atoms with Gasteiger partial charge in [-0.25, -0.2) is 9.59 Å². The van der Waals surface area contributed by atoms with Crippen molar-refractivity contribution in [2.24, 2.45) is 5.11 Å². The number of fused-ring (bicyclic) bond motifs is 1. The number of nitrogens with one attached hydrogen (secondary N) is 2. The molecule has 0 aliphatic carbocycles. The Bertz CT molecular complexity index is 1100. The van der Waals surface area contributed by atoms with Crippen LogP contribution in [-0.2, 0) is 27.3 Å². The van der Waals surface area contributed by atoms with Crippen LogP contribution in [-0.4, -0.2) is 43.3 Å². The third-order valence-corrected chi connectivity index (χ3v) is 5.40. The molecule has 2 aromatic carbocycles. The number of hydrogen-bond donors (Lipinski definition) is 2. The van der Waals surface area contributed by atoms with Crippen LogP contribution in [0.5, 0.6) is 0 Å². The van der Waals surface area contributed by atoms with Crippen molar-refractivity contribution in [1.82, 2.24) is 5.32 Å². The number of alkyl carbamates (subject to hydrolysis) is 1. The van der Waals surface area contributed by atoms with E-state index in [2.05, 4.69) is 20.7 Å². The van der Waals surface area contributed by atoms with Gasteiger partial charge in [-0.15, -0.1) is 0 Å². The Balaban J connectivity index is 1.37. The van der Waals surface area contributed by atoms with E-state index in [4.69, 9.17) is 15.0 Å². The van der Waals surface area contributed by atoms with Crippen LogP contribution in [0.4, 0.5) is 21.0 Å². The average Bonchev–Trinajstić information content (AvgIpc) is 3.12. The van der Waals surface area contributed by atoms with Gasteiger partial charge >= 0.3 is 12.2 Å². The monoisotopic (exact) mass is 450 g/mol. The van der Waals surface area contributed by atoms with Gasteiger partial charge in [0.1, 0.15) is 18.8 Å². The predicted octanol–water partition coefficient (Wildman–Crippen LogP) is 3.50. The van der Waals surface area contributed by atoms with Gasteiger partial charge in [0.05, 0.1) is 13.1 Å². The van der Waals surface area contributed by atoms with E-state index in [0.717, 1.165) is 11.1 Å². The molecular formula is C22H22N6O5. The topological polar surface area (TPSA) is 146 Å². The summed E-state index contributed by atoms with van der Waals surface area (Å²) in [7, 11) is 0. The lowest BCUT2D eigenvalue weighted by Gasteiger charge is -2.16. The minimum atomic E-state index is -0.755. The fourth-order valence-electron chi connectivity index (χ4n) is 3.73. The summed E-state index contributed by atoms with van der Waals surface area (Å²) in [6.45, 7) is 0.436. The maximum atomic E-state index is 12.6. The SMILES string of the molecule is [N-]=[N+]=NC[C@H]1CN(c2ccc3c(c2)CCC(NC(=O)OCc2ccccc2)C(=O)N3)C(=O)O1. The molecule has 3 amide bonds. The number of ether oxygens (including phenoxy) is 2. The summed E-state index contributed by atoms with van der Waals surface area (Å²) in [6.07, 6.45) is -0.839. The van der Waals surface area contributed by atoms with Gasteiger partial charge in [0.25, 0.3) is 0 Å². The van der Waals surface area contributed by atoms with Crippen LogP contribution in [0.1, 0.15) is 17.5 Å². The second-order valence-electron chi connectivity index (χ2n) is 7.66. The number of carbonyl (C=O) groups excluding carboxylic acids is 3. The molecule has 33 heavy (non-hydrogen) atoms. The van der Waals surface area contributed by atoms with Crippen molar-refractivity contribution in [2.45, 2.75) is 31.6 Å². The Labute approximate surface area is 189 Å². The van der Waals surface area contributed by atoms with Crippen molar-refractivity contribution in [3.05, 3.63) is 70.1 Å². The summed E-state index contributed by atoms with van der Waals surface area (Å²) in [4.78, 5) is 41.2. The van der Waals surface area contributed by atoms with Crippen LogP contribution in [0.2, 0.25) is 0 Å². The number of rotatable bonds is 6. The molecule has 11 nitrogen and oxygen atoms in total. The fraction of sp³-hybridized carbons (Fsp3) is 0.318. The third-order valence-electron chi connectivity index (χ3n) is 5.40. The summed E-state index contributed by atoms with van der Waals surface area (Å²) in [5, 5.41) is 8.89. The number of nitrogens with zero attached hydrogens (tertiary/aromatic N) is 4. The number of amides is 3. The van der Waals surface area contributed by atoms with Crippen molar-refractivity contribution in [3.63, 3.8) is 0 Å². The van der Waals surface area contributed by atoms with Crippen molar-refractivity contribution < 1.29 is 23.9 Å². The second-order valence-corrected chi connectivity index (χ2v) is 7.66. The third kappa shape index (κ3) is 5.34. The quantitative estimate of drug-likeness (QED) is 0.393. The smallest absolute Gasteiger partial charge is 0.414 e. The predicted molar refractivity (Wildman–Crippen MR) is 119 cm³/mol. The lowest BCUT2D eigenvalue weighted by atomic mass is 10.0. The number of hydrogen-bond acceptors (Lipinski definition) is 6. The zero-order chi connectivity index (χ0) is 23.2. The first-order valence-electron chi connectivity index (χ1n) is 10.4. The minimum absolute atomic E-state index is 0.0630. The molecule has 4 rings (SSSR count). The van der Waals surface area contributed by atoms with Crippen LogP contribution in [0.3, 0.4) is 0 Å². The molecule has 0 aromatic heterocycles. The summed E-state index contributed by atoms with van der Waals surface area (Å²) < 4.78 is 10.4. The highest BCUT2D eigenvalue weighted by Gasteiger charge is 2.33. The molecule has 1 fully saturated rings. The summed E-state index contributed by atoms with van der Waals surface area (Å²) in [5.41, 5.74) is 11.4. The molecule has 1 unspecified atom stereocenters.